The van der Waals surface area contributed by atoms with E-state index in [0.717, 1.165) is 11.8 Å². The zero-order chi connectivity index (χ0) is 14.2. The number of aliphatic hydroxyl groups is 2. The molecule has 6 nitrogen and oxygen atoms in total. The molecule has 0 radical (unpaired) electrons. The number of hydrogen-bond donors (Lipinski definition) is 4. The lowest BCUT2D eigenvalue weighted by molar-refractivity contribution is -0.137. The highest BCUT2D eigenvalue weighted by molar-refractivity contribution is 8.13. The molecule has 0 unspecified atom stereocenters. The Morgan fingerprint density at radius 2 is 2.06 bits per heavy atom. The van der Waals surface area contributed by atoms with Crippen molar-refractivity contribution >= 4 is 22.8 Å². The predicted molar refractivity (Wildman–Crippen MR) is 71.0 cm³/mol. The van der Waals surface area contributed by atoms with E-state index in [9.17, 15) is 14.7 Å². The second kappa shape index (κ2) is 8.47. The minimum Gasteiger partial charge on any atom is -0.396 e. The Bertz CT molecular complexity index is 284. The molecule has 0 fully saturated rings. The number of rotatable bonds is 8. The van der Waals surface area contributed by atoms with Crippen molar-refractivity contribution in [3.8, 4) is 0 Å². The summed E-state index contributed by atoms with van der Waals surface area (Å²) in [4.78, 5) is 22.8. The molecule has 5 N–H and O–H groups in total. The fourth-order valence-electron chi connectivity index (χ4n) is 1.07. The Morgan fingerprint density at radius 1 is 1.44 bits per heavy atom. The van der Waals surface area contributed by atoms with Gasteiger partial charge in [-0.05, 0) is 0 Å². The molecule has 0 saturated carbocycles. The molecule has 0 bridgehead atoms. The molecule has 1 amide bonds. The van der Waals surface area contributed by atoms with Gasteiger partial charge in [-0.25, -0.2) is 0 Å². The van der Waals surface area contributed by atoms with Gasteiger partial charge in [0.05, 0.1) is 6.61 Å². The molecule has 0 spiro atoms. The second-order valence-electron chi connectivity index (χ2n) is 4.60. The number of nitrogens with two attached hydrogens (primary N) is 1. The van der Waals surface area contributed by atoms with Crippen LogP contribution < -0.4 is 11.1 Å². The first kappa shape index (κ1) is 17.4. The molecule has 7 heteroatoms. The minimum atomic E-state index is -1.30. The smallest absolute Gasteiger partial charge is 0.249 e. The van der Waals surface area contributed by atoms with Gasteiger partial charge in [-0.2, -0.15) is 0 Å². The fourth-order valence-corrected chi connectivity index (χ4v) is 1.66. The van der Waals surface area contributed by atoms with Crippen LogP contribution in [0.25, 0.3) is 0 Å². The Labute approximate surface area is 111 Å². The van der Waals surface area contributed by atoms with Gasteiger partial charge in [-0.1, -0.05) is 25.6 Å². The van der Waals surface area contributed by atoms with Crippen molar-refractivity contribution in [2.45, 2.75) is 26.4 Å². The molecule has 0 aromatic heterocycles. The van der Waals surface area contributed by atoms with E-state index in [1.807, 2.05) is 0 Å². The third-order valence-electron chi connectivity index (χ3n) is 2.41. The number of carbonyl (C=O) groups is 2. The molecule has 0 aliphatic heterocycles. The number of nitrogens with one attached hydrogen (secondary N) is 1. The molecule has 0 aromatic carbocycles. The van der Waals surface area contributed by atoms with Gasteiger partial charge in [-0.15, -0.1) is 0 Å². The number of amides is 1. The molecular formula is C11H22N2O4S. The molecule has 0 aliphatic carbocycles. The van der Waals surface area contributed by atoms with Crippen LogP contribution >= 0.6 is 11.8 Å². The van der Waals surface area contributed by atoms with E-state index >= 15 is 0 Å². The highest BCUT2D eigenvalue weighted by atomic mass is 32.2. The maximum atomic E-state index is 11.5. The summed E-state index contributed by atoms with van der Waals surface area (Å²) >= 11 is 1.13. The van der Waals surface area contributed by atoms with Gasteiger partial charge in [0.1, 0.15) is 6.10 Å². The van der Waals surface area contributed by atoms with Gasteiger partial charge in [0.15, 0.2) is 5.12 Å². The molecule has 106 valence electrons. The molecule has 0 aromatic rings. The van der Waals surface area contributed by atoms with Crippen molar-refractivity contribution in [1.82, 2.24) is 5.32 Å². The third kappa shape index (κ3) is 6.34. The van der Waals surface area contributed by atoms with E-state index < -0.39 is 17.4 Å². The van der Waals surface area contributed by atoms with Crippen molar-refractivity contribution < 1.29 is 19.8 Å². The first-order valence-corrected chi connectivity index (χ1v) is 6.76. The van der Waals surface area contributed by atoms with E-state index in [1.165, 1.54) is 0 Å². The summed E-state index contributed by atoms with van der Waals surface area (Å²) in [5.74, 6) is -0.0156. The van der Waals surface area contributed by atoms with Crippen LogP contribution in [0.1, 0.15) is 20.3 Å². The first-order chi connectivity index (χ1) is 8.35. The average Bonchev–Trinajstić information content (AvgIpc) is 2.35. The lowest BCUT2D eigenvalue weighted by atomic mass is 9.87. The van der Waals surface area contributed by atoms with Gasteiger partial charge in [0, 0.05) is 30.7 Å². The highest BCUT2D eigenvalue weighted by Crippen LogP contribution is 2.19. The minimum absolute atomic E-state index is 0.0448. The van der Waals surface area contributed by atoms with Crippen molar-refractivity contribution in [2.24, 2.45) is 11.1 Å². The van der Waals surface area contributed by atoms with Crippen molar-refractivity contribution in [2.75, 3.05) is 25.4 Å². The maximum Gasteiger partial charge on any atom is 0.249 e. The van der Waals surface area contributed by atoms with Gasteiger partial charge in [-0.3, -0.25) is 9.59 Å². The standard InChI is InChI=1S/C11H22N2O4S/c1-11(2,7-14)9(16)10(17)13-5-3-8(15)18-6-4-12/h9,14,16H,3-7,12H2,1-2H3,(H,13,17)/t9-/m1/s1. The molecule has 1 atom stereocenters. The number of hydrogen-bond acceptors (Lipinski definition) is 6. The topological polar surface area (TPSA) is 113 Å². The van der Waals surface area contributed by atoms with E-state index in [-0.39, 0.29) is 24.7 Å². The molecule has 0 aliphatic rings. The van der Waals surface area contributed by atoms with Gasteiger partial charge >= 0.3 is 0 Å². The van der Waals surface area contributed by atoms with Crippen LogP contribution in [0.3, 0.4) is 0 Å². The summed E-state index contributed by atoms with van der Waals surface area (Å²) in [5, 5.41) is 21.1. The Morgan fingerprint density at radius 3 is 2.56 bits per heavy atom. The Kier molecular flexibility index (Phi) is 8.17. The Hall–Kier alpha value is -0.630. The Balaban J connectivity index is 3.94. The number of aliphatic hydroxyl groups excluding tert-OH is 2. The fraction of sp³-hybridized carbons (Fsp3) is 0.818. The van der Waals surface area contributed by atoms with Crippen LogP contribution in [-0.4, -0.2) is 52.8 Å². The van der Waals surface area contributed by atoms with Gasteiger partial charge < -0.3 is 21.3 Å². The summed E-state index contributed by atoms with van der Waals surface area (Å²) in [7, 11) is 0. The van der Waals surface area contributed by atoms with Crippen LogP contribution in [0.2, 0.25) is 0 Å². The van der Waals surface area contributed by atoms with E-state index in [1.54, 1.807) is 13.8 Å². The van der Waals surface area contributed by atoms with Crippen LogP contribution in [0.4, 0.5) is 0 Å². The van der Waals surface area contributed by atoms with Crippen molar-refractivity contribution in [3.63, 3.8) is 0 Å². The lowest BCUT2D eigenvalue weighted by Gasteiger charge is -2.27. The maximum absolute atomic E-state index is 11.5. The highest BCUT2D eigenvalue weighted by Gasteiger charge is 2.32. The molecule has 0 heterocycles. The van der Waals surface area contributed by atoms with E-state index in [0.29, 0.717) is 12.3 Å². The average molecular weight is 278 g/mol. The largest absolute Gasteiger partial charge is 0.396 e. The van der Waals surface area contributed by atoms with Crippen LogP contribution in [0.5, 0.6) is 0 Å². The van der Waals surface area contributed by atoms with Gasteiger partial charge in [0.2, 0.25) is 5.91 Å². The van der Waals surface area contributed by atoms with Crippen molar-refractivity contribution in [3.05, 3.63) is 0 Å². The van der Waals surface area contributed by atoms with Crippen LogP contribution in [0, 0.1) is 5.41 Å². The predicted octanol–water partition coefficient (Wildman–Crippen LogP) is -0.909. The molecular weight excluding hydrogens is 256 g/mol. The number of thioether (sulfide) groups is 1. The number of carbonyl (C=O) groups excluding carboxylic acids is 2. The summed E-state index contributed by atoms with van der Waals surface area (Å²) in [6.07, 6.45) is -1.10. The zero-order valence-electron chi connectivity index (χ0n) is 10.8. The van der Waals surface area contributed by atoms with Crippen LogP contribution in [0.15, 0.2) is 0 Å². The quantitative estimate of drug-likeness (QED) is 0.457. The van der Waals surface area contributed by atoms with Gasteiger partial charge in [0.25, 0.3) is 0 Å². The SMILES string of the molecule is CC(C)(CO)[C@H](O)C(=O)NCCC(=O)SCCN. The summed E-state index contributed by atoms with van der Waals surface area (Å²) < 4.78 is 0. The summed E-state index contributed by atoms with van der Waals surface area (Å²) in [6.45, 7) is 3.48. The molecule has 0 rings (SSSR count). The second-order valence-corrected chi connectivity index (χ2v) is 5.75. The third-order valence-corrected chi connectivity index (χ3v) is 3.37. The molecule has 18 heavy (non-hydrogen) atoms. The first-order valence-electron chi connectivity index (χ1n) is 5.77. The molecule has 0 saturated heterocycles. The monoisotopic (exact) mass is 278 g/mol. The van der Waals surface area contributed by atoms with E-state index in [2.05, 4.69) is 5.32 Å². The van der Waals surface area contributed by atoms with E-state index in [4.69, 9.17) is 10.8 Å². The zero-order valence-corrected chi connectivity index (χ0v) is 11.6. The van der Waals surface area contributed by atoms with Crippen molar-refractivity contribution in [1.29, 1.82) is 0 Å². The lowest BCUT2D eigenvalue weighted by Crippen LogP contribution is -2.45. The summed E-state index contributed by atoms with van der Waals surface area (Å²) in [6, 6.07) is 0. The van der Waals surface area contributed by atoms with Crippen LogP contribution in [-0.2, 0) is 9.59 Å². The normalized spacial score (nSPS) is 13.2. The summed E-state index contributed by atoms with van der Waals surface area (Å²) in [5.41, 5.74) is 4.36.